The third kappa shape index (κ3) is 5.69. The highest BCUT2D eigenvalue weighted by Gasteiger charge is 2.07. The summed E-state index contributed by atoms with van der Waals surface area (Å²) < 4.78 is 10.4. The van der Waals surface area contributed by atoms with E-state index in [1.54, 1.807) is 14.2 Å². The highest BCUT2D eigenvalue weighted by molar-refractivity contribution is 5.64. The van der Waals surface area contributed by atoms with E-state index in [2.05, 4.69) is 32.7 Å². The fourth-order valence-corrected chi connectivity index (χ4v) is 2.80. The van der Waals surface area contributed by atoms with Crippen molar-refractivity contribution in [2.24, 2.45) is 0 Å². The number of ether oxygens (including phenoxy) is 2. The molecular formula is C22H26N4O2. The summed E-state index contributed by atoms with van der Waals surface area (Å²) in [5.41, 5.74) is 3.14. The molecule has 0 aliphatic heterocycles. The number of rotatable bonds is 10. The van der Waals surface area contributed by atoms with E-state index in [9.17, 15) is 0 Å². The van der Waals surface area contributed by atoms with Gasteiger partial charge in [-0.05, 0) is 24.1 Å². The van der Waals surface area contributed by atoms with Crippen LogP contribution in [0.1, 0.15) is 5.56 Å². The van der Waals surface area contributed by atoms with E-state index in [0.29, 0.717) is 19.1 Å². The first-order valence-electron chi connectivity index (χ1n) is 9.32. The van der Waals surface area contributed by atoms with Crippen molar-refractivity contribution in [3.05, 3.63) is 66.2 Å². The van der Waals surface area contributed by atoms with Crippen LogP contribution in [0.3, 0.4) is 0 Å². The van der Waals surface area contributed by atoms with Crippen molar-refractivity contribution < 1.29 is 9.47 Å². The quantitative estimate of drug-likeness (QED) is 0.522. The van der Waals surface area contributed by atoms with Crippen LogP contribution in [-0.4, -0.2) is 43.9 Å². The smallest absolute Gasteiger partial charge is 0.225 e. The zero-order valence-corrected chi connectivity index (χ0v) is 16.3. The average Bonchev–Trinajstić information content (AvgIpc) is 2.75. The number of aromatic nitrogens is 2. The molecule has 0 radical (unpaired) electrons. The maximum atomic E-state index is 5.29. The summed E-state index contributed by atoms with van der Waals surface area (Å²) in [6, 6.07) is 20.2. The molecule has 0 aliphatic carbocycles. The molecule has 3 aromatic rings. The van der Waals surface area contributed by atoms with Crippen molar-refractivity contribution >= 4 is 11.8 Å². The number of anilines is 2. The molecule has 0 atom stereocenters. The molecule has 6 nitrogen and oxygen atoms in total. The van der Waals surface area contributed by atoms with Crippen molar-refractivity contribution in [1.82, 2.24) is 9.97 Å². The lowest BCUT2D eigenvalue weighted by Crippen LogP contribution is -2.13. The van der Waals surface area contributed by atoms with Crippen LogP contribution in [0.2, 0.25) is 0 Å². The molecule has 0 saturated heterocycles. The topological polar surface area (TPSA) is 68.3 Å². The maximum absolute atomic E-state index is 5.29. The van der Waals surface area contributed by atoms with Crippen LogP contribution >= 0.6 is 0 Å². The number of methoxy groups -OCH3 is 2. The molecular weight excluding hydrogens is 352 g/mol. The van der Waals surface area contributed by atoms with Gasteiger partial charge in [-0.25, -0.2) is 4.98 Å². The van der Waals surface area contributed by atoms with Crippen molar-refractivity contribution in [1.29, 1.82) is 0 Å². The number of hydrogen-bond donors (Lipinski definition) is 2. The molecule has 0 bridgehead atoms. The van der Waals surface area contributed by atoms with Crippen LogP contribution in [0, 0.1) is 0 Å². The largest absolute Gasteiger partial charge is 0.497 e. The summed E-state index contributed by atoms with van der Waals surface area (Å²) in [7, 11) is 3.36. The Morgan fingerprint density at radius 2 is 1.71 bits per heavy atom. The Labute approximate surface area is 166 Å². The molecule has 6 heteroatoms. The van der Waals surface area contributed by atoms with Crippen LogP contribution in [0.4, 0.5) is 11.8 Å². The third-order valence-electron chi connectivity index (χ3n) is 4.24. The zero-order valence-electron chi connectivity index (χ0n) is 16.3. The lowest BCUT2D eigenvalue weighted by molar-refractivity contribution is 0.210. The summed E-state index contributed by atoms with van der Waals surface area (Å²) >= 11 is 0. The minimum absolute atomic E-state index is 0.585. The molecule has 1 heterocycles. The Bertz CT molecular complexity index is 871. The number of hydrogen-bond acceptors (Lipinski definition) is 6. The minimum atomic E-state index is 0.585. The molecule has 0 fully saturated rings. The van der Waals surface area contributed by atoms with Crippen molar-refractivity contribution in [3.63, 3.8) is 0 Å². The second-order valence-corrected chi connectivity index (χ2v) is 6.28. The molecule has 3 rings (SSSR count). The van der Waals surface area contributed by atoms with Gasteiger partial charge in [-0.1, -0.05) is 42.5 Å². The monoisotopic (exact) mass is 378 g/mol. The lowest BCUT2D eigenvalue weighted by atomic mass is 10.1. The first kappa shape index (κ1) is 19.6. The number of nitrogens with one attached hydrogen (secondary N) is 2. The van der Waals surface area contributed by atoms with Crippen molar-refractivity contribution in [2.75, 3.05) is 44.5 Å². The Kier molecular flexibility index (Phi) is 7.21. The first-order chi connectivity index (χ1) is 13.8. The summed E-state index contributed by atoms with van der Waals surface area (Å²) in [6.07, 6.45) is 0.869. The van der Waals surface area contributed by atoms with Crippen LogP contribution in [-0.2, 0) is 11.2 Å². The SMILES string of the molecule is COCCNc1nc(NCCc2cccc(OC)c2)cc(-c2ccccc2)n1. The Morgan fingerprint density at radius 1 is 0.857 bits per heavy atom. The molecule has 2 aromatic carbocycles. The fourth-order valence-electron chi connectivity index (χ4n) is 2.80. The molecule has 146 valence electrons. The summed E-state index contributed by atoms with van der Waals surface area (Å²) in [5, 5.41) is 6.62. The van der Waals surface area contributed by atoms with E-state index in [1.165, 1.54) is 5.56 Å². The van der Waals surface area contributed by atoms with E-state index >= 15 is 0 Å². The standard InChI is InChI=1S/C22H26N4O2/c1-27-14-13-24-22-25-20(18-8-4-3-5-9-18)16-21(26-22)23-12-11-17-7-6-10-19(15-17)28-2/h3-10,15-16H,11-14H2,1-2H3,(H2,23,24,25,26). The molecule has 0 unspecified atom stereocenters. The predicted molar refractivity (Wildman–Crippen MR) is 113 cm³/mol. The van der Waals surface area contributed by atoms with Crippen LogP contribution in [0.25, 0.3) is 11.3 Å². The highest BCUT2D eigenvalue weighted by Crippen LogP contribution is 2.21. The molecule has 28 heavy (non-hydrogen) atoms. The van der Waals surface area contributed by atoms with Crippen LogP contribution < -0.4 is 15.4 Å². The first-order valence-corrected chi connectivity index (χ1v) is 9.32. The predicted octanol–water partition coefficient (Wildman–Crippen LogP) is 3.87. The van der Waals surface area contributed by atoms with Crippen LogP contribution in [0.5, 0.6) is 5.75 Å². The normalized spacial score (nSPS) is 10.5. The van der Waals surface area contributed by atoms with Gasteiger partial charge in [-0.15, -0.1) is 0 Å². The summed E-state index contributed by atoms with van der Waals surface area (Å²) in [6.45, 7) is 2.01. The van der Waals surface area contributed by atoms with Gasteiger partial charge in [-0.2, -0.15) is 4.98 Å². The van der Waals surface area contributed by atoms with Gasteiger partial charge < -0.3 is 20.1 Å². The van der Waals surface area contributed by atoms with Gasteiger partial charge in [0.2, 0.25) is 5.95 Å². The lowest BCUT2D eigenvalue weighted by Gasteiger charge is -2.12. The second kappa shape index (κ2) is 10.3. The Morgan fingerprint density at radius 3 is 2.50 bits per heavy atom. The van der Waals surface area contributed by atoms with Gasteiger partial charge in [0.25, 0.3) is 0 Å². The fraction of sp³-hybridized carbons (Fsp3) is 0.273. The third-order valence-corrected chi connectivity index (χ3v) is 4.24. The van der Waals surface area contributed by atoms with E-state index in [-0.39, 0.29) is 0 Å². The van der Waals surface area contributed by atoms with Crippen molar-refractivity contribution in [3.8, 4) is 17.0 Å². The second-order valence-electron chi connectivity index (χ2n) is 6.28. The molecule has 2 N–H and O–H groups in total. The van der Waals surface area contributed by atoms with Crippen molar-refractivity contribution in [2.45, 2.75) is 6.42 Å². The van der Waals surface area contributed by atoms with E-state index < -0.39 is 0 Å². The molecule has 1 aromatic heterocycles. The van der Waals surface area contributed by atoms with Gasteiger partial charge in [-0.3, -0.25) is 0 Å². The molecule has 0 amide bonds. The van der Waals surface area contributed by atoms with Gasteiger partial charge >= 0.3 is 0 Å². The minimum Gasteiger partial charge on any atom is -0.497 e. The van der Waals surface area contributed by atoms with Gasteiger partial charge in [0.05, 0.1) is 19.4 Å². The van der Waals surface area contributed by atoms with E-state index in [1.807, 2.05) is 48.5 Å². The molecule has 0 saturated carbocycles. The Balaban J connectivity index is 1.72. The van der Waals surface area contributed by atoms with Gasteiger partial charge in [0, 0.05) is 31.8 Å². The molecule has 0 aliphatic rings. The van der Waals surface area contributed by atoms with E-state index in [4.69, 9.17) is 9.47 Å². The van der Waals surface area contributed by atoms with Gasteiger partial charge in [0.15, 0.2) is 0 Å². The van der Waals surface area contributed by atoms with E-state index in [0.717, 1.165) is 35.8 Å². The highest BCUT2D eigenvalue weighted by atomic mass is 16.5. The summed E-state index contributed by atoms with van der Waals surface area (Å²) in [5.74, 6) is 2.24. The number of benzene rings is 2. The maximum Gasteiger partial charge on any atom is 0.225 e. The average molecular weight is 378 g/mol. The van der Waals surface area contributed by atoms with Gasteiger partial charge in [0.1, 0.15) is 11.6 Å². The Hall–Kier alpha value is -3.12. The van der Waals surface area contributed by atoms with Crippen LogP contribution in [0.15, 0.2) is 60.7 Å². The number of nitrogens with zero attached hydrogens (tertiary/aromatic N) is 2. The zero-order chi connectivity index (χ0) is 19.6. The summed E-state index contributed by atoms with van der Waals surface area (Å²) in [4.78, 5) is 9.21. The molecule has 0 spiro atoms.